The van der Waals surface area contributed by atoms with Crippen LogP contribution in [0.4, 0.5) is 5.69 Å². The third kappa shape index (κ3) is 4.57. The van der Waals surface area contributed by atoms with Gasteiger partial charge in [0.2, 0.25) is 0 Å². The number of halogens is 2. The summed E-state index contributed by atoms with van der Waals surface area (Å²) in [5.74, 6) is -0.556. The van der Waals surface area contributed by atoms with E-state index >= 15 is 0 Å². The maximum Gasteiger partial charge on any atom is 0.257 e. The van der Waals surface area contributed by atoms with Crippen LogP contribution in [0.5, 0.6) is 0 Å². The Bertz CT molecular complexity index is 817. The van der Waals surface area contributed by atoms with E-state index in [9.17, 15) is 9.59 Å². The van der Waals surface area contributed by atoms with Gasteiger partial charge in [0.05, 0.1) is 21.8 Å². The molecule has 0 bridgehead atoms. The molecule has 0 saturated heterocycles. The Hall–Kier alpha value is -2.04. The van der Waals surface area contributed by atoms with Gasteiger partial charge in [-0.1, -0.05) is 54.6 Å². The van der Waals surface area contributed by atoms with E-state index in [1.165, 1.54) is 12.5 Å². The minimum atomic E-state index is -0.385. The molecule has 0 atom stereocenters. The standard InChI is InChI=1S/C20H20Cl2N2O2/c21-13-10-11-15(17(22)12-13)19(25)24-18-9-5-4-8-16(18)20(26)23-14-6-2-1-3-7-14/h4-5,8-12,14H,1-3,6-7H2,(H,23,26)(H,24,25). The quantitative estimate of drug-likeness (QED) is 0.742. The molecule has 2 aromatic carbocycles. The van der Waals surface area contributed by atoms with Crippen LogP contribution in [0.3, 0.4) is 0 Å². The van der Waals surface area contributed by atoms with E-state index in [-0.39, 0.29) is 22.9 Å². The summed E-state index contributed by atoms with van der Waals surface area (Å²) in [6.07, 6.45) is 5.50. The third-order valence-corrected chi connectivity index (χ3v) is 5.08. The van der Waals surface area contributed by atoms with Crippen LogP contribution in [0, 0.1) is 0 Å². The van der Waals surface area contributed by atoms with Crippen molar-refractivity contribution in [3.8, 4) is 0 Å². The minimum Gasteiger partial charge on any atom is -0.349 e. The van der Waals surface area contributed by atoms with Crippen LogP contribution in [0.2, 0.25) is 10.0 Å². The van der Waals surface area contributed by atoms with E-state index in [1.54, 1.807) is 36.4 Å². The van der Waals surface area contributed by atoms with E-state index in [2.05, 4.69) is 10.6 Å². The molecule has 6 heteroatoms. The van der Waals surface area contributed by atoms with Gasteiger partial charge in [0, 0.05) is 11.1 Å². The van der Waals surface area contributed by atoms with E-state index in [4.69, 9.17) is 23.2 Å². The molecule has 1 saturated carbocycles. The maximum absolute atomic E-state index is 12.7. The lowest BCUT2D eigenvalue weighted by Crippen LogP contribution is -2.36. The Labute approximate surface area is 162 Å². The maximum atomic E-state index is 12.7. The van der Waals surface area contributed by atoms with Gasteiger partial charge in [0.1, 0.15) is 0 Å². The van der Waals surface area contributed by atoms with Gasteiger partial charge in [-0.25, -0.2) is 0 Å². The molecule has 0 aromatic heterocycles. The molecule has 1 fully saturated rings. The summed E-state index contributed by atoms with van der Waals surface area (Å²) < 4.78 is 0. The summed E-state index contributed by atoms with van der Waals surface area (Å²) >= 11 is 12.0. The van der Waals surface area contributed by atoms with Gasteiger partial charge in [-0.3, -0.25) is 9.59 Å². The lowest BCUT2D eigenvalue weighted by Gasteiger charge is -2.23. The first-order chi connectivity index (χ1) is 12.5. The first kappa shape index (κ1) is 18.7. The van der Waals surface area contributed by atoms with Crippen LogP contribution in [0.1, 0.15) is 52.8 Å². The number of carbonyl (C=O) groups excluding carboxylic acids is 2. The molecule has 0 heterocycles. The normalized spacial score (nSPS) is 14.7. The lowest BCUT2D eigenvalue weighted by atomic mass is 9.95. The fourth-order valence-corrected chi connectivity index (χ4v) is 3.66. The molecular formula is C20H20Cl2N2O2. The van der Waals surface area contributed by atoms with Crippen molar-refractivity contribution >= 4 is 40.7 Å². The fraction of sp³-hybridized carbons (Fsp3) is 0.300. The second-order valence-electron chi connectivity index (χ2n) is 6.43. The van der Waals surface area contributed by atoms with Gasteiger partial charge in [-0.05, 0) is 43.2 Å². The lowest BCUT2D eigenvalue weighted by molar-refractivity contribution is 0.0928. The number of hydrogen-bond donors (Lipinski definition) is 2. The topological polar surface area (TPSA) is 58.2 Å². The molecule has 2 amide bonds. The number of hydrogen-bond acceptors (Lipinski definition) is 2. The third-order valence-electron chi connectivity index (χ3n) is 4.54. The summed E-state index contributed by atoms with van der Waals surface area (Å²) in [7, 11) is 0. The summed E-state index contributed by atoms with van der Waals surface area (Å²) in [6.45, 7) is 0. The van der Waals surface area contributed by atoms with Gasteiger partial charge in [-0.15, -0.1) is 0 Å². The van der Waals surface area contributed by atoms with Crippen molar-refractivity contribution < 1.29 is 9.59 Å². The summed E-state index contributed by atoms with van der Waals surface area (Å²) in [5.41, 5.74) is 1.20. The zero-order chi connectivity index (χ0) is 18.5. The zero-order valence-corrected chi connectivity index (χ0v) is 15.7. The molecule has 2 N–H and O–H groups in total. The Morgan fingerprint density at radius 3 is 2.35 bits per heavy atom. The monoisotopic (exact) mass is 390 g/mol. The van der Waals surface area contributed by atoms with Crippen LogP contribution in [-0.2, 0) is 0 Å². The van der Waals surface area contributed by atoms with Crippen LogP contribution in [0.25, 0.3) is 0 Å². The smallest absolute Gasteiger partial charge is 0.257 e. The highest BCUT2D eigenvalue weighted by atomic mass is 35.5. The number of anilines is 1. The highest BCUT2D eigenvalue weighted by Crippen LogP contribution is 2.24. The van der Waals surface area contributed by atoms with Crippen molar-refractivity contribution in [3.05, 3.63) is 63.6 Å². The predicted octanol–water partition coefficient (Wildman–Crippen LogP) is 5.31. The first-order valence-electron chi connectivity index (χ1n) is 8.71. The molecule has 136 valence electrons. The largest absolute Gasteiger partial charge is 0.349 e. The van der Waals surface area contributed by atoms with Gasteiger partial charge >= 0.3 is 0 Å². The molecule has 0 spiro atoms. The molecule has 0 aliphatic heterocycles. The number of carbonyl (C=O) groups is 2. The number of rotatable bonds is 4. The Kier molecular flexibility index (Phi) is 6.17. The Morgan fingerprint density at radius 2 is 1.62 bits per heavy atom. The van der Waals surface area contributed by atoms with E-state index in [0.717, 1.165) is 25.7 Å². The molecule has 26 heavy (non-hydrogen) atoms. The van der Waals surface area contributed by atoms with Crippen molar-refractivity contribution in [2.24, 2.45) is 0 Å². The first-order valence-corrected chi connectivity index (χ1v) is 9.46. The highest BCUT2D eigenvalue weighted by Gasteiger charge is 2.20. The van der Waals surface area contributed by atoms with Crippen LogP contribution in [0.15, 0.2) is 42.5 Å². The number of benzene rings is 2. The summed E-state index contributed by atoms with van der Waals surface area (Å²) in [4.78, 5) is 25.2. The number of nitrogens with one attached hydrogen (secondary N) is 2. The van der Waals surface area contributed by atoms with Gasteiger partial charge < -0.3 is 10.6 Å². The van der Waals surface area contributed by atoms with Gasteiger partial charge in [0.25, 0.3) is 11.8 Å². The van der Waals surface area contributed by atoms with Gasteiger partial charge in [0.15, 0.2) is 0 Å². The SMILES string of the molecule is O=C(Nc1ccccc1C(=O)NC1CCCCC1)c1ccc(Cl)cc1Cl. The molecule has 4 nitrogen and oxygen atoms in total. The summed E-state index contributed by atoms with van der Waals surface area (Å²) in [6, 6.07) is 11.8. The molecular weight excluding hydrogens is 371 g/mol. The molecule has 1 aliphatic carbocycles. The average Bonchev–Trinajstić information content (AvgIpc) is 2.62. The molecule has 2 aromatic rings. The zero-order valence-electron chi connectivity index (χ0n) is 14.2. The molecule has 0 radical (unpaired) electrons. The van der Waals surface area contributed by atoms with Crippen molar-refractivity contribution in [2.45, 2.75) is 38.1 Å². The average molecular weight is 391 g/mol. The highest BCUT2D eigenvalue weighted by molar-refractivity contribution is 6.37. The molecule has 0 unspecified atom stereocenters. The van der Waals surface area contributed by atoms with Crippen molar-refractivity contribution in [1.82, 2.24) is 5.32 Å². The van der Waals surface area contributed by atoms with Crippen LogP contribution < -0.4 is 10.6 Å². The fourth-order valence-electron chi connectivity index (χ4n) is 3.16. The van der Waals surface area contributed by atoms with Crippen molar-refractivity contribution in [1.29, 1.82) is 0 Å². The number of amides is 2. The Morgan fingerprint density at radius 1 is 0.885 bits per heavy atom. The van der Waals surface area contributed by atoms with E-state index in [1.807, 2.05) is 0 Å². The Balaban J connectivity index is 1.76. The predicted molar refractivity (Wildman–Crippen MR) is 105 cm³/mol. The van der Waals surface area contributed by atoms with E-state index in [0.29, 0.717) is 21.8 Å². The van der Waals surface area contributed by atoms with Crippen LogP contribution >= 0.6 is 23.2 Å². The minimum absolute atomic E-state index is 0.171. The second kappa shape index (κ2) is 8.56. The van der Waals surface area contributed by atoms with Crippen LogP contribution in [-0.4, -0.2) is 17.9 Å². The van der Waals surface area contributed by atoms with Crippen molar-refractivity contribution in [3.63, 3.8) is 0 Å². The second-order valence-corrected chi connectivity index (χ2v) is 7.28. The van der Waals surface area contributed by atoms with Gasteiger partial charge in [-0.2, -0.15) is 0 Å². The summed E-state index contributed by atoms with van der Waals surface area (Å²) in [5, 5.41) is 6.57. The molecule has 1 aliphatic rings. The molecule has 3 rings (SSSR count). The van der Waals surface area contributed by atoms with Crippen molar-refractivity contribution in [2.75, 3.05) is 5.32 Å². The van der Waals surface area contributed by atoms with E-state index < -0.39 is 0 Å². The number of para-hydroxylation sites is 1.